The molecule has 0 bridgehead atoms. The maximum absolute atomic E-state index is 13.3. The van der Waals surface area contributed by atoms with Crippen LogP contribution < -0.4 is 4.90 Å². The Kier molecular flexibility index (Phi) is 4.18. The van der Waals surface area contributed by atoms with E-state index in [4.69, 9.17) is 0 Å². The van der Waals surface area contributed by atoms with Crippen molar-refractivity contribution in [1.82, 2.24) is 9.80 Å². The molecule has 0 aromatic heterocycles. The minimum Gasteiger partial charge on any atom is -0.480 e. The van der Waals surface area contributed by atoms with Gasteiger partial charge in [-0.2, -0.15) is 0 Å². The van der Waals surface area contributed by atoms with E-state index in [0.29, 0.717) is 13.0 Å². The third-order valence-corrected chi connectivity index (χ3v) is 7.06. The van der Waals surface area contributed by atoms with Crippen LogP contribution in [0.3, 0.4) is 0 Å². The average molecular weight is 399 g/mol. The van der Waals surface area contributed by atoms with Crippen molar-refractivity contribution in [1.29, 1.82) is 0 Å². The Morgan fingerprint density at radius 2 is 1.76 bits per heavy atom. The first-order chi connectivity index (χ1) is 14.0. The zero-order chi connectivity index (χ0) is 20.3. The Bertz CT molecular complexity index is 870. The molecule has 8 heteroatoms. The molecule has 2 saturated carbocycles. The molecule has 4 atom stereocenters. The minimum absolute atomic E-state index is 0.0371. The van der Waals surface area contributed by atoms with E-state index in [1.165, 1.54) is 9.80 Å². The minimum atomic E-state index is -0.953. The topological polar surface area (TPSA) is 101 Å². The Balaban J connectivity index is 1.45. The van der Waals surface area contributed by atoms with Crippen molar-refractivity contribution in [2.24, 2.45) is 5.92 Å². The van der Waals surface area contributed by atoms with Gasteiger partial charge in [-0.05, 0) is 50.2 Å². The Labute approximate surface area is 168 Å². The molecule has 3 amide bonds. The molecule has 0 radical (unpaired) electrons. The monoisotopic (exact) mass is 399 g/mol. The summed E-state index contributed by atoms with van der Waals surface area (Å²) >= 11 is 0. The lowest BCUT2D eigenvalue weighted by atomic mass is 9.85. The molecule has 0 spiro atoms. The SMILES string of the molecule is O=C(O)C1CCN1C(=O)N(C1CC1)C1CC[C@@H]2[C@H]1Cc1ccccc1N2C(=O)O. The molecule has 154 valence electrons. The lowest BCUT2D eigenvalue weighted by molar-refractivity contribution is -0.146. The first-order valence-electron chi connectivity index (χ1n) is 10.4. The molecule has 2 heterocycles. The van der Waals surface area contributed by atoms with Crippen LogP contribution >= 0.6 is 0 Å². The van der Waals surface area contributed by atoms with Crippen molar-refractivity contribution in [3.05, 3.63) is 29.8 Å². The normalized spacial score (nSPS) is 30.2. The number of likely N-dealkylation sites (tertiary alicyclic amines) is 1. The van der Waals surface area contributed by atoms with Gasteiger partial charge in [0.1, 0.15) is 6.04 Å². The van der Waals surface area contributed by atoms with Gasteiger partial charge in [-0.15, -0.1) is 0 Å². The fourth-order valence-electron chi connectivity index (χ4n) is 5.50. The van der Waals surface area contributed by atoms with E-state index >= 15 is 0 Å². The Hall–Kier alpha value is -2.77. The summed E-state index contributed by atoms with van der Waals surface area (Å²) in [6, 6.07) is 6.64. The van der Waals surface area contributed by atoms with Crippen LogP contribution in [0.1, 0.15) is 37.7 Å². The number of aliphatic carboxylic acids is 1. The fraction of sp³-hybridized carbons (Fsp3) is 0.571. The average Bonchev–Trinajstić information content (AvgIpc) is 3.39. The molecule has 1 saturated heterocycles. The molecule has 1 aromatic rings. The predicted molar refractivity (Wildman–Crippen MR) is 104 cm³/mol. The van der Waals surface area contributed by atoms with E-state index in [9.17, 15) is 24.6 Å². The molecule has 2 aliphatic heterocycles. The second kappa shape index (κ2) is 6.64. The fourth-order valence-corrected chi connectivity index (χ4v) is 5.50. The number of carbonyl (C=O) groups excluding carboxylic acids is 1. The molecular weight excluding hydrogens is 374 g/mol. The van der Waals surface area contributed by atoms with Gasteiger partial charge in [0.25, 0.3) is 0 Å². The third kappa shape index (κ3) is 2.84. The van der Waals surface area contributed by atoms with E-state index in [-0.39, 0.29) is 30.1 Å². The second-order valence-electron chi connectivity index (χ2n) is 8.62. The lowest BCUT2D eigenvalue weighted by Gasteiger charge is -2.46. The lowest BCUT2D eigenvalue weighted by Crippen LogP contribution is -2.62. The van der Waals surface area contributed by atoms with Gasteiger partial charge in [0.2, 0.25) is 0 Å². The largest absolute Gasteiger partial charge is 0.480 e. The number of nitrogens with zero attached hydrogens (tertiary/aromatic N) is 3. The second-order valence-corrected chi connectivity index (χ2v) is 8.62. The van der Waals surface area contributed by atoms with E-state index in [1.54, 1.807) is 0 Å². The predicted octanol–water partition coefficient (Wildman–Crippen LogP) is 2.62. The molecule has 1 aromatic carbocycles. The molecule has 2 unspecified atom stereocenters. The van der Waals surface area contributed by atoms with Crippen LogP contribution in [0.25, 0.3) is 0 Å². The van der Waals surface area contributed by atoms with Gasteiger partial charge in [-0.25, -0.2) is 14.4 Å². The molecule has 3 fully saturated rings. The molecule has 2 aliphatic carbocycles. The molecule has 2 N–H and O–H groups in total. The van der Waals surface area contributed by atoms with Crippen LogP contribution in [0.4, 0.5) is 15.3 Å². The number of para-hydroxylation sites is 1. The van der Waals surface area contributed by atoms with E-state index in [1.807, 2.05) is 29.2 Å². The highest BCUT2D eigenvalue weighted by molar-refractivity contribution is 5.89. The van der Waals surface area contributed by atoms with Crippen LogP contribution in [0, 0.1) is 5.92 Å². The highest BCUT2D eigenvalue weighted by Gasteiger charge is 2.53. The molecule has 29 heavy (non-hydrogen) atoms. The highest BCUT2D eigenvalue weighted by atomic mass is 16.4. The van der Waals surface area contributed by atoms with Crippen molar-refractivity contribution >= 4 is 23.8 Å². The van der Waals surface area contributed by atoms with Crippen molar-refractivity contribution < 1.29 is 24.6 Å². The van der Waals surface area contributed by atoms with Crippen molar-refractivity contribution in [2.75, 3.05) is 11.4 Å². The number of benzene rings is 1. The Morgan fingerprint density at radius 3 is 2.38 bits per heavy atom. The summed E-state index contributed by atoms with van der Waals surface area (Å²) in [7, 11) is 0. The number of carbonyl (C=O) groups is 3. The summed E-state index contributed by atoms with van der Waals surface area (Å²) < 4.78 is 0. The number of fused-ring (bicyclic) bond motifs is 2. The summed E-state index contributed by atoms with van der Waals surface area (Å²) in [5.41, 5.74) is 1.75. The molecular formula is C21H25N3O5. The number of anilines is 1. The number of carboxylic acid groups (broad SMARTS) is 2. The zero-order valence-electron chi connectivity index (χ0n) is 16.1. The Morgan fingerprint density at radius 1 is 1.00 bits per heavy atom. The van der Waals surface area contributed by atoms with Crippen molar-refractivity contribution in [3.63, 3.8) is 0 Å². The maximum Gasteiger partial charge on any atom is 0.412 e. The van der Waals surface area contributed by atoms with Crippen LogP contribution in [-0.4, -0.2) is 68.8 Å². The number of hydrogen-bond donors (Lipinski definition) is 2. The quantitative estimate of drug-likeness (QED) is 0.814. The first kappa shape index (κ1) is 18.3. The van der Waals surface area contributed by atoms with Crippen molar-refractivity contribution in [2.45, 2.75) is 62.7 Å². The van der Waals surface area contributed by atoms with E-state index < -0.39 is 18.1 Å². The summed E-state index contributed by atoms with van der Waals surface area (Å²) in [4.78, 5) is 41.7. The molecule has 8 nitrogen and oxygen atoms in total. The standard InChI is InChI=1S/C21H25N3O5/c25-19(26)18-9-10-22(18)20(27)23(13-5-6-13)16-7-8-17-14(16)11-12-3-1-2-4-15(12)24(17)21(28)29/h1-4,13-14,16-18H,5-11H2,(H,25,26)(H,28,29)/t14-,16?,17+,18?/m0/s1. The summed E-state index contributed by atoms with van der Waals surface area (Å²) in [5, 5.41) is 19.3. The van der Waals surface area contributed by atoms with Gasteiger partial charge in [0.15, 0.2) is 0 Å². The van der Waals surface area contributed by atoms with Gasteiger partial charge in [-0.1, -0.05) is 18.2 Å². The van der Waals surface area contributed by atoms with Crippen molar-refractivity contribution in [3.8, 4) is 0 Å². The van der Waals surface area contributed by atoms with Crippen LogP contribution in [0.2, 0.25) is 0 Å². The molecule has 4 aliphatic rings. The van der Waals surface area contributed by atoms with Gasteiger partial charge in [0.05, 0.1) is 5.69 Å². The van der Waals surface area contributed by atoms with E-state index in [2.05, 4.69) is 0 Å². The maximum atomic E-state index is 13.3. The summed E-state index contributed by atoms with van der Waals surface area (Å²) in [6.07, 6.45) is 3.63. The number of hydrogen-bond acceptors (Lipinski definition) is 3. The summed E-state index contributed by atoms with van der Waals surface area (Å²) in [5.74, 6) is -0.914. The highest BCUT2D eigenvalue weighted by Crippen LogP contribution is 2.46. The molecule has 5 rings (SSSR count). The first-order valence-corrected chi connectivity index (χ1v) is 10.4. The van der Waals surface area contributed by atoms with Crippen LogP contribution in [0.15, 0.2) is 24.3 Å². The number of amides is 3. The van der Waals surface area contributed by atoms with Gasteiger partial charge < -0.3 is 20.0 Å². The number of rotatable bonds is 3. The number of carboxylic acids is 1. The number of urea groups is 1. The zero-order valence-corrected chi connectivity index (χ0v) is 16.1. The third-order valence-electron chi connectivity index (χ3n) is 7.06. The van der Waals surface area contributed by atoms with Crippen LogP contribution in [-0.2, 0) is 11.2 Å². The smallest absolute Gasteiger partial charge is 0.412 e. The summed E-state index contributed by atoms with van der Waals surface area (Å²) in [6.45, 7) is 0.476. The van der Waals surface area contributed by atoms with E-state index in [0.717, 1.165) is 43.4 Å². The van der Waals surface area contributed by atoms with Gasteiger partial charge in [0, 0.05) is 30.6 Å². The van der Waals surface area contributed by atoms with Gasteiger partial charge >= 0.3 is 18.1 Å². The van der Waals surface area contributed by atoms with Crippen LogP contribution in [0.5, 0.6) is 0 Å². The van der Waals surface area contributed by atoms with Gasteiger partial charge in [-0.3, -0.25) is 4.90 Å².